The average Bonchev–Trinajstić information content (AvgIpc) is 3.69. The van der Waals surface area contributed by atoms with Gasteiger partial charge in [-0.05, 0) is 64.0 Å². The van der Waals surface area contributed by atoms with Crippen molar-refractivity contribution in [2.75, 3.05) is 22.9 Å². The predicted octanol–water partition coefficient (Wildman–Crippen LogP) is 5.06. The monoisotopic (exact) mass is 580 g/mol. The Bertz CT molecular complexity index is 1880. The van der Waals surface area contributed by atoms with Gasteiger partial charge in [-0.1, -0.05) is 11.2 Å². The minimum atomic E-state index is -0.410. The molecular weight excluding hydrogens is 548 g/mol. The van der Waals surface area contributed by atoms with Crippen LogP contribution in [0.3, 0.4) is 0 Å². The van der Waals surface area contributed by atoms with Gasteiger partial charge >= 0.3 is 0 Å². The van der Waals surface area contributed by atoms with Crippen molar-refractivity contribution in [2.24, 2.45) is 7.05 Å². The summed E-state index contributed by atoms with van der Waals surface area (Å²) in [4.78, 5) is 17.8. The zero-order chi connectivity index (χ0) is 29.2. The van der Waals surface area contributed by atoms with E-state index in [1.165, 1.54) is 4.88 Å². The topological polar surface area (TPSA) is 162 Å². The van der Waals surface area contributed by atoms with Crippen LogP contribution in [0.5, 0.6) is 0 Å². The smallest absolute Gasteiger partial charge is 0.186 e. The van der Waals surface area contributed by atoms with Crippen LogP contribution in [0.2, 0.25) is 0 Å². The number of nitrogen functional groups attached to an aromatic ring is 2. The number of nitrogens with zero attached hydrogens (tertiary/aromatic N) is 8. The standard InChI is InChI=1S/C30H32N10OS/c1-4-40(16(2)17-9-7-13-34-25(17)32)29-20-15-35-39(3)28(20)36-27(37-29)23-18-8-5-11-30(24(18)41-38-23)12-6-10-21-22(30)19(14-31)26(33)42-21/h7,9,13,15-16H,4-6,8,10-12,33H2,1-3H3,(H2,32,34). The Labute approximate surface area is 247 Å². The number of anilines is 3. The molecule has 4 N–H and O–H groups in total. The fourth-order valence-corrected chi connectivity index (χ4v) is 8.27. The minimum absolute atomic E-state index is 0.0986. The molecule has 0 aliphatic heterocycles. The Hall–Kier alpha value is -4.50. The van der Waals surface area contributed by atoms with E-state index >= 15 is 0 Å². The second kappa shape index (κ2) is 9.80. The number of pyridine rings is 1. The molecule has 42 heavy (non-hydrogen) atoms. The molecule has 7 rings (SSSR count). The highest BCUT2D eigenvalue weighted by Gasteiger charge is 2.48. The maximum absolute atomic E-state index is 10.1. The minimum Gasteiger partial charge on any atom is -0.389 e. The molecule has 0 aromatic carbocycles. The van der Waals surface area contributed by atoms with Gasteiger partial charge in [0.2, 0.25) is 0 Å². The molecule has 0 amide bonds. The van der Waals surface area contributed by atoms with Gasteiger partial charge in [0.15, 0.2) is 22.9 Å². The number of nitrogens with two attached hydrogens (primary N) is 2. The normalized spacial score (nSPS) is 18.5. The fourth-order valence-electron chi connectivity index (χ4n) is 7.11. The summed E-state index contributed by atoms with van der Waals surface area (Å²) in [7, 11) is 1.88. The van der Waals surface area contributed by atoms with Crippen molar-refractivity contribution < 1.29 is 4.52 Å². The maximum Gasteiger partial charge on any atom is 0.186 e. The summed E-state index contributed by atoms with van der Waals surface area (Å²) in [6, 6.07) is 6.19. The van der Waals surface area contributed by atoms with Crippen LogP contribution in [0.25, 0.3) is 22.6 Å². The molecule has 1 spiro atoms. The number of fused-ring (bicyclic) bond motifs is 5. The first-order chi connectivity index (χ1) is 20.4. The lowest BCUT2D eigenvalue weighted by molar-refractivity contribution is 0.265. The van der Waals surface area contributed by atoms with Crippen LogP contribution in [-0.4, -0.2) is 36.4 Å². The number of hydrogen-bond donors (Lipinski definition) is 2. The van der Waals surface area contributed by atoms with E-state index in [1.807, 2.05) is 19.2 Å². The Balaban J connectivity index is 1.39. The van der Waals surface area contributed by atoms with Gasteiger partial charge in [-0.3, -0.25) is 4.68 Å². The van der Waals surface area contributed by atoms with Crippen LogP contribution < -0.4 is 16.4 Å². The second-order valence-corrected chi connectivity index (χ2v) is 12.3. The number of aryl methyl sites for hydroxylation is 2. The van der Waals surface area contributed by atoms with E-state index in [4.69, 9.17) is 26.0 Å². The molecule has 11 nitrogen and oxygen atoms in total. The summed E-state index contributed by atoms with van der Waals surface area (Å²) in [5.74, 6) is 2.57. The van der Waals surface area contributed by atoms with E-state index in [0.29, 0.717) is 40.1 Å². The quantitative estimate of drug-likeness (QED) is 0.287. The van der Waals surface area contributed by atoms with E-state index in [2.05, 4.69) is 40.1 Å². The van der Waals surface area contributed by atoms with E-state index in [-0.39, 0.29) is 6.04 Å². The van der Waals surface area contributed by atoms with Crippen molar-refractivity contribution in [3.05, 3.63) is 57.4 Å². The number of hydrogen-bond acceptors (Lipinski definition) is 11. The third-order valence-corrected chi connectivity index (χ3v) is 10.1. The van der Waals surface area contributed by atoms with Crippen molar-refractivity contribution in [3.8, 4) is 17.6 Å². The lowest BCUT2D eigenvalue weighted by atomic mass is 9.63. The molecule has 2 aliphatic carbocycles. The Morgan fingerprint density at radius 2 is 2.05 bits per heavy atom. The van der Waals surface area contributed by atoms with Crippen molar-refractivity contribution in [2.45, 2.75) is 63.8 Å². The first kappa shape index (κ1) is 26.4. The first-order valence-corrected chi connectivity index (χ1v) is 15.2. The zero-order valence-electron chi connectivity index (χ0n) is 23.9. The highest BCUT2D eigenvalue weighted by atomic mass is 32.1. The summed E-state index contributed by atoms with van der Waals surface area (Å²) in [5.41, 5.74) is 17.1. The molecule has 12 heteroatoms. The van der Waals surface area contributed by atoms with Gasteiger partial charge in [-0.25, -0.2) is 15.0 Å². The molecular formula is C30H32N10OS. The van der Waals surface area contributed by atoms with E-state index in [1.54, 1.807) is 28.4 Å². The van der Waals surface area contributed by atoms with E-state index in [9.17, 15) is 5.26 Å². The van der Waals surface area contributed by atoms with Gasteiger partial charge in [0.05, 0.1) is 28.6 Å². The molecule has 0 saturated carbocycles. The molecule has 0 bridgehead atoms. The van der Waals surface area contributed by atoms with Crippen molar-refractivity contribution >= 4 is 39.0 Å². The van der Waals surface area contributed by atoms with E-state index < -0.39 is 5.41 Å². The van der Waals surface area contributed by atoms with Crippen molar-refractivity contribution in [1.29, 1.82) is 5.26 Å². The van der Waals surface area contributed by atoms with Crippen LogP contribution in [0.1, 0.15) is 78.5 Å². The molecule has 2 atom stereocenters. The number of aromatic nitrogens is 6. The Morgan fingerprint density at radius 3 is 2.81 bits per heavy atom. The summed E-state index contributed by atoms with van der Waals surface area (Å²) in [5, 5.41) is 20.6. The molecule has 5 aromatic heterocycles. The molecule has 5 heterocycles. The second-order valence-electron chi connectivity index (χ2n) is 11.2. The number of nitriles is 1. The lowest BCUT2D eigenvalue weighted by Gasteiger charge is -2.39. The van der Waals surface area contributed by atoms with Crippen LogP contribution >= 0.6 is 11.3 Å². The first-order valence-electron chi connectivity index (χ1n) is 14.4. The van der Waals surface area contributed by atoms with Crippen molar-refractivity contribution in [3.63, 3.8) is 0 Å². The van der Waals surface area contributed by atoms with Gasteiger partial charge in [0.25, 0.3) is 0 Å². The van der Waals surface area contributed by atoms with Gasteiger partial charge in [-0.15, -0.1) is 11.3 Å². The third kappa shape index (κ3) is 3.73. The zero-order valence-corrected chi connectivity index (χ0v) is 24.7. The average molecular weight is 581 g/mol. The molecule has 0 radical (unpaired) electrons. The molecule has 2 unspecified atom stereocenters. The highest BCUT2D eigenvalue weighted by molar-refractivity contribution is 7.16. The Kier molecular flexibility index (Phi) is 6.16. The largest absolute Gasteiger partial charge is 0.389 e. The van der Waals surface area contributed by atoms with E-state index in [0.717, 1.165) is 72.2 Å². The number of thiophene rings is 1. The van der Waals surface area contributed by atoms with Gasteiger partial charge in [0, 0.05) is 35.8 Å². The van der Waals surface area contributed by atoms with Crippen LogP contribution in [-0.2, 0) is 25.3 Å². The lowest BCUT2D eigenvalue weighted by Crippen LogP contribution is -2.35. The molecule has 0 saturated heterocycles. The predicted molar refractivity (Wildman–Crippen MR) is 162 cm³/mol. The fraction of sp³-hybridized carbons (Fsp3) is 0.400. The molecule has 5 aromatic rings. The van der Waals surface area contributed by atoms with Gasteiger partial charge in [0.1, 0.15) is 22.7 Å². The molecule has 214 valence electrons. The molecule has 0 fully saturated rings. The van der Waals surface area contributed by atoms with Gasteiger partial charge in [-0.2, -0.15) is 10.4 Å². The van der Waals surface area contributed by atoms with Crippen LogP contribution in [0, 0.1) is 11.3 Å². The summed E-state index contributed by atoms with van der Waals surface area (Å²) in [6.45, 7) is 4.87. The summed E-state index contributed by atoms with van der Waals surface area (Å²) < 4.78 is 8.01. The summed E-state index contributed by atoms with van der Waals surface area (Å²) >= 11 is 1.54. The number of rotatable bonds is 5. The maximum atomic E-state index is 10.1. The molecule has 2 aliphatic rings. The van der Waals surface area contributed by atoms with Gasteiger partial charge < -0.3 is 20.9 Å². The Morgan fingerprint density at radius 1 is 1.24 bits per heavy atom. The summed E-state index contributed by atoms with van der Waals surface area (Å²) in [6.07, 6.45) is 8.98. The SMILES string of the molecule is CCN(c1nc(-c2noc3c2CCCC32CCCc3sc(N)c(C#N)c32)nc2c1cnn2C)C(C)c1cccnc1N. The van der Waals surface area contributed by atoms with Crippen molar-refractivity contribution in [1.82, 2.24) is 29.9 Å². The van der Waals surface area contributed by atoms with Crippen LogP contribution in [0.4, 0.5) is 16.6 Å². The van der Waals surface area contributed by atoms with Crippen LogP contribution in [0.15, 0.2) is 29.0 Å². The third-order valence-electron chi connectivity index (χ3n) is 9.04. The highest BCUT2D eigenvalue weighted by Crippen LogP contribution is 2.55.